The number of methoxy groups -OCH3 is 1. The number of carbonyl (C=O) groups is 1. The monoisotopic (exact) mass is 455 g/mol. The van der Waals surface area contributed by atoms with Crippen LogP contribution in [0.1, 0.15) is 37.1 Å². The lowest BCUT2D eigenvalue weighted by atomic mass is 10.0. The highest BCUT2D eigenvalue weighted by Crippen LogP contribution is 2.31. The van der Waals surface area contributed by atoms with Crippen LogP contribution in [-0.4, -0.2) is 40.1 Å². The van der Waals surface area contributed by atoms with E-state index in [0.717, 1.165) is 28.7 Å². The lowest BCUT2D eigenvalue weighted by molar-refractivity contribution is -0.144. The summed E-state index contributed by atoms with van der Waals surface area (Å²) in [6, 6.07) is 10.1. The second-order valence-corrected chi connectivity index (χ2v) is 8.70. The molecule has 0 N–H and O–H groups in total. The van der Waals surface area contributed by atoms with Gasteiger partial charge in [-0.05, 0) is 67.9 Å². The summed E-state index contributed by atoms with van der Waals surface area (Å²) in [5.41, 5.74) is 2.51. The summed E-state index contributed by atoms with van der Waals surface area (Å²) in [5, 5.41) is 0.754. The number of halogens is 1. The minimum Gasteiger partial charge on any atom is -0.494 e. The van der Waals surface area contributed by atoms with Crippen molar-refractivity contribution in [2.24, 2.45) is 0 Å². The average Bonchev–Trinajstić information content (AvgIpc) is 3.20. The van der Waals surface area contributed by atoms with Gasteiger partial charge in [-0.1, -0.05) is 0 Å². The van der Waals surface area contributed by atoms with Crippen molar-refractivity contribution in [3.05, 3.63) is 66.0 Å². The number of likely N-dealkylation sites (tertiary alicyclic amines) is 1. The Bertz CT molecular complexity index is 1110. The fraction of sp³-hybridized carbons (Fsp3) is 0.333. The number of aromatic nitrogens is 2. The van der Waals surface area contributed by atoms with Crippen molar-refractivity contribution in [2.45, 2.75) is 38.8 Å². The summed E-state index contributed by atoms with van der Waals surface area (Å²) in [6.07, 6.45) is 4.48. The third-order valence-corrected chi connectivity index (χ3v) is 6.07. The molecule has 168 valence electrons. The van der Waals surface area contributed by atoms with Gasteiger partial charge in [-0.3, -0.25) is 4.79 Å². The van der Waals surface area contributed by atoms with E-state index in [4.69, 9.17) is 9.47 Å². The molecule has 3 atom stereocenters. The summed E-state index contributed by atoms with van der Waals surface area (Å²) in [7, 11) is 4.11. The second-order valence-electron chi connectivity index (χ2n) is 8.03. The molecule has 3 unspecified atom stereocenters. The molecule has 1 amide bonds. The molecule has 6 nitrogen and oxygen atoms in total. The van der Waals surface area contributed by atoms with Crippen LogP contribution in [0.2, 0.25) is 0 Å². The fourth-order valence-electron chi connectivity index (χ4n) is 4.08. The largest absolute Gasteiger partial charge is 0.494 e. The highest BCUT2D eigenvalue weighted by molar-refractivity contribution is 7.27. The van der Waals surface area contributed by atoms with E-state index in [1.165, 1.54) is 12.1 Å². The number of nitrogens with zero attached hydrogens (tertiary/aromatic N) is 3. The van der Waals surface area contributed by atoms with Gasteiger partial charge < -0.3 is 18.9 Å². The molecular formula is C24H27FN3O3P. The van der Waals surface area contributed by atoms with Crippen LogP contribution in [0.5, 0.6) is 11.5 Å². The molecule has 0 aliphatic carbocycles. The van der Waals surface area contributed by atoms with Crippen LogP contribution in [0, 0.1) is 12.7 Å². The molecule has 0 saturated carbocycles. The Morgan fingerprint density at radius 2 is 2.06 bits per heavy atom. The van der Waals surface area contributed by atoms with E-state index in [1.54, 1.807) is 24.4 Å². The molecule has 2 heterocycles. The van der Waals surface area contributed by atoms with Crippen molar-refractivity contribution in [2.75, 3.05) is 13.7 Å². The highest BCUT2D eigenvalue weighted by Gasteiger charge is 2.34. The lowest BCUT2D eigenvalue weighted by Crippen LogP contribution is -2.47. The van der Waals surface area contributed by atoms with Crippen LogP contribution in [0.15, 0.2) is 48.9 Å². The van der Waals surface area contributed by atoms with Crippen LogP contribution >= 0.6 is 9.24 Å². The van der Waals surface area contributed by atoms with Gasteiger partial charge in [-0.2, -0.15) is 0 Å². The molecule has 1 aliphatic rings. The van der Waals surface area contributed by atoms with Crippen LogP contribution < -0.4 is 14.8 Å². The number of rotatable bonds is 6. The Hall–Kier alpha value is -2.92. The lowest BCUT2D eigenvalue weighted by Gasteiger charge is -2.36. The van der Waals surface area contributed by atoms with Gasteiger partial charge in [0, 0.05) is 18.8 Å². The van der Waals surface area contributed by atoms with E-state index in [1.807, 2.05) is 42.8 Å². The first-order chi connectivity index (χ1) is 15.4. The smallest absolute Gasteiger partial charge is 0.264 e. The number of ether oxygens (including phenoxy) is 2. The Morgan fingerprint density at radius 1 is 1.25 bits per heavy atom. The van der Waals surface area contributed by atoms with Crippen molar-refractivity contribution in [3.63, 3.8) is 0 Å². The van der Waals surface area contributed by atoms with Gasteiger partial charge in [0.15, 0.2) is 6.10 Å². The first-order valence-electron chi connectivity index (χ1n) is 10.6. The highest BCUT2D eigenvalue weighted by atomic mass is 31.0. The quantitative estimate of drug-likeness (QED) is 0.528. The van der Waals surface area contributed by atoms with E-state index < -0.39 is 6.10 Å². The van der Waals surface area contributed by atoms with Crippen LogP contribution in [0.4, 0.5) is 4.39 Å². The van der Waals surface area contributed by atoms with E-state index in [2.05, 4.69) is 14.2 Å². The molecule has 4 rings (SSSR count). The summed E-state index contributed by atoms with van der Waals surface area (Å²) >= 11 is 0. The van der Waals surface area contributed by atoms with Gasteiger partial charge in [-0.15, -0.1) is 9.24 Å². The number of amides is 1. The van der Waals surface area contributed by atoms with Crippen LogP contribution in [-0.2, 0) is 4.79 Å². The number of hydrogen-bond acceptors (Lipinski definition) is 4. The maximum atomic E-state index is 13.9. The Balaban J connectivity index is 1.52. The van der Waals surface area contributed by atoms with Gasteiger partial charge >= 0.3 is 0 Å². The molecule has 1 aromatic heterocycles. The van der Waals surface area contributed by atoms with E-state index in [0.29, 0.717) is 24.5 Å². The molecule has 1 saturated heterocycles. The SMILES string of the molecule is COc1cc(OC2CCCN(C(C)c3cc(F)cc(P)c3)C2=O)ccc1-n1cnc(C)c1. The van der Waals surface area contributed by atoms with Crippen molar-refractivity contribution < 1.29 is 18.7 Å². The normalized spacial score (nSPS) is 17.3. The van der Waals surface area contributed by atoms with Gasteiger partial charge in [0.2, 0.25) is 0 Å². The maximum Gasteiger partial charge on any atom is 0.264 e. The number of hydrogen-bond donors (Lipinski definition) is 0. The van der Waals surface area contributed by atoms with Crippen LogP contribution in [0.3, 0.4) is 0 Å². The molecule has 0 bridgehead atoms. The third-order valence-electron chi connectivity index (χ3n) is 5.74. The topological polar surface area (TPSA) is 56.6 Å². The first kappa shape index (κ1) is 22.3. The predicted octanol–water partition coefficient (Wildman–Crippen LogP) is 3.96. The van der Waals surface area contributed by atoms with Gasteiger partial charge in [0.05, 0.1) is 30.9 Å². The molecule has 8 heteroatoms. The van der Waals surface area contributed by atoms with Crippen molar-refractivity contribution in [3.8, 4) is 17.2 Å². The molecule has 2 aromatic carbocycles. The molecule has 1 aliphatic heterocycles. The summed E-state index contributed by atoms with van der Waals surface area (Å²) in [5.74, 6) is 0.790. The molecule has 3 aromatic rings. The maximum absolute atomic E-state index is 13.9. The zero-order valence-electron chi connectivity index (χ0n) is 18.4. The zero-order valence-corrected chi connectivity index (χ0v) is 19.6. The molecule has 32 heavy (non-hydrogen) atoms. The van der Waals surface area contributed by atoms with Crippen molar-refractivity contribution in [1.29, 1.82) is 0 Å². The second kappa shape index (κ2) is 9.29. The Labute approximate surface area is 189 Å². The van der Waals surface area contributed by atoms with E-state index in [-0.39, 0.29) is 17.8 Å². The number of piperidine rings is 1. The van der Waals surface area contributed by atoms with Crippen molar-refractivity contribution in [1.82, 2.24) is 14.5 Å². The minimum atomic E-state index is -0.596. The third kappa shape index (κ3) is 4.63. The standard InChI is InChI=1S/C24H27FN3O3P/c1-15-13-27(14-26-15)21-7-6-19(12-23(21)30-3)31-22-5-4-8-28(24(22)29)16(2)17-9-18(25)11-20(32)10-17/h6-7,9-14,16,22H,4-5,8,32H2,1-3H3. The summed E-state index contributed by atoms with van der Waals surface area (Å²) in [4.78, 5) is 19.2. The number of carbonyl (C=O) groups excluding carboxylic acids is 1. The minimum absolute atomic E-state index is 0.0911. The number of benzene rings is 2. The van der Waals surface area contributed by atoms with Gasteiger partial charge in [0.1, 0.15) is 17.3 Å². The van der Waals surface area contributed by atoms with E-state index in [9.17, 15) is 9.18 Å². The average molecular weight is 455 g/mol. The fourth-order valence-corrected chi connectivity index (χ4v) is 4.43. The van der Waals surface area contributed by atoms with Gasteiger partial charge in [0.25, 0.3) is 5.91 Å². The molecular weight excluding hydrogens is 428 g/mol. The summed E-state index contributed by atoms with van der Waals surface area (Å²) < 4.78 is 27.4. The predicted molar refractivity (Wildman–Crippen MR) is 124 cm³/mol. The van der Waals surface area contributed by atoms with E-state index >= 15 is 0 Å². The number of imidazole rings is 1. The molecule has 0 radical (unpaired) electrons. The first-order valence-corrected chi connectivity index (χ1v) is 11.2. The Kier molecular flexibility index (Phi) is 6.47. The number of aryl methyl sites for hydroxylation is 1. The molecule has 1 fully saturated rings. The van der Waals surface area contributed by atoms with Crippen LogP contribution in [0.25, 0.3) is 5.69 Å². The summed E-state index contributed by atoms with van der Waals surface area (Å²) in [6.45, 7) is 4.46. The zero-order chi connectivity index (χ0) is 22.8. The Morgan fingerprint density at radius 3 is 2.75 bits per heavy atom. The van der Waals surface area contributed by atoms with Gasteiger partial charge in [-0.25, -0.2) is 9.37 Å². The molecule has 0 spiro atoms. The van der Waals surface area contributed by atoms with Crippen molar-refractivity contribution >= 4 is 20.5 Å².